The number of rotatable bonds is 4. The molecule has 6 heteroatoms. The predicted molar refractivity (Wildman–Crippen MR) is 122 cm³/mol. The first kappa shape index (κ1) is 20.5. The Bertz CT molecular complexity index is 1120. The number of halogens is 2. The van der Waals surface area contributed by atoms with Gasteiger partial charge in [-0.3, -0.25) is 4.79 Å². The van der Waals surface area contributed by atoms with Crippen LogP contribution in [0.15, 0.2) is 72.8 Å². The summed E-state index contributed by atoms with van der Waals surface area (Å²) in [6.45, 7) is 2.39. The van der Waals surface area contributed by atoms with Crippen molar-refractivity contribution in [3.05, 3.63) is 95.6 Å². The summed E-state index contributed by atoms with van der Waals surface area (Å²) < 4.78 is 27.4. The van der Waals surface area contributed by atoms with E-state index in [1.54, 1.807) is 30.3 Å². The monoisotopic (exact) mass is 433 g/mol. The number of carbonyl (C=O) groups is 1. The van der Waals surface area contributed by atoms with Gasteiger partial charge in [0.05, 0.1) is 12.0 Å². The van der Waals surface area contributed by atoms with Gasteiger partial charge in [0.1, 0.15) is 11.6 Å². The van der Waals surface area contributed by atoms with Crippen molar-refractivity contribution in [3.63, 3.8) is 0 Å². The van der Waals surface area contributed by atoms with Gasteiger partial charge in [-0.1, -0.05) is 36.4 Å². The van der Waals surface area contributed by atoms with Crippen LogP contribution in [0.4, 0.5) is 20.2 Å². The SMILES string of the molecule is O=C(NCc1ccccc1F)[C@@H]1Cc2ccccc2N2CCN(c3ccc(F)cc3)C[C@@H]12. The van der Waals surface area contributed by atoms with E-state index in [0.29, 0.717) is 18.5 Å². The Morgan fingerprint density at radius 2 is 1.69 bits per heavy atom. The molecule has 2 heterocycles. The summed E-state index contributed by atoms with van der Waals surface area (Å²) in [5.74, 6) is -0.911. The highest BCUT2D eigenvalue weighted by atomic mass is 19.1. The van der Waals surface area contributed by atoms with Crippen molar-refractivity contribution in [2.75, 3.05) is 29.4 Å². The molecule has 3 aromatic rings. The standard InChI is InChI=1S/C26H25F2N3O/c27-20-9-11-21(12-10-20)30-13-14-31-24-8-4-2-5-18(24)15-22(25(31)17-30)26(32)29-16-19-6-1-3-7-23(19)28/h1-12,22,25H,13-17H2,(H,29,32)/t22-,25+/m1/s1. The molecule has 0 saturated carbocycles. The Labute approximate surface area is 186 Å². The minimum atomic E-state index is -0.316. The Kier molecular flexibility index (Phi) is 5.52. The second-order valence-corrected chi connectivity index (χ2v) is 8.43. The lowest BCUT2D eigenvalue weighted by Crippen LogP contribution is -2.61. The number of anilines is 2. The maximum atomic E-state index is 14.0. The molecule has 0 aromatic heterocycles. The van der Waals surface area contributed by atoms with Crippen molar-refractivity contribution in [3.8, 4) is 0 Å². The first-order valence-corrected chi connectivity index (χ1v) is 11.0. The van der Waals surface area contributed by atoms with Crippen LogP contribution in [0.2, 0.25) is 0 Å². The largest absolute Gasteiger partial charge is 0.368 e. The predicted octanol–water partition coefficient (Wildman–Crippen LogP) is 4.15. The lowest BCUT2D eigenvalue weighted by Gasteiger charge is -2.49. The van der Waals surface area contributed by atoms with Crippen LogP contribution in [0, 0.1) is 17.6 Å². The number of carbonyl (C=O) groups excluding carboxylic acids is 1. The zero-order chi connectivity index (χ0) is 22.1. The fraction of sp³-hybridized carbons (Fsp3) is 0.269. The molecule has 3 aromatic carbocycles. The number of nitrogens with zero attached hydrogens (tertiary/aromatic N) is 2. The number of fused-ring (bicyclic) bond motifs is 3. The quantitative estimate of drug-likeness (QED) is 0.672. The maximum absolute atomic E-state index is 14.0. The summed E-state index contributed by atoms with van der Waals surface area (Å²) in [7, 11) is 0. The van der Waals surface area contributed by atoms with Gasteiger partial charge in [0.15, 0.2) is 0 Å². The molecule has 0 bridgehead atoms. The third-order valence-electron chi connectivity index (χ3n) is 6.56. The van der Waals surface area contributed by atoms with Crippen molar-refractivity contribution >= 4 is 17.3 Å². The van der Waals surface area contributed by atoms with Gasteiger partial charge in [0.2, 0.25) is 5.91 Å². The molecule has 4 nitrogen and oxygen atoms in total. The van der Waals surface area contributed by atoms with Crippen molar-refractivity contribution in [1.29, 1.82) is 0 Å². The average molecular weight is 434 g/mol. The Morgan fingerprint density at radius 1 is 0.938 bits per heavy atom. The number of amides is 1. The Balaban J connectivity index is 1.39. The minimum absolute atomic E-state index is 0.0238. The molecule has 5 rings (SSSR count). The van der Waals surface area contributed by atoms with E-state index in [9.17, 15) is 13.6 Å². The minimum Gasteiger partial charge on any atom is -0.368 e. The molecule has 1 fully saturated rings. The van der Waals surface area contributed by atoms with Crippen LogP contribution < -0.4 is 15.1 Å². The first-order chi connectivity index (χ1) is 15.6. The van der Waals surface area contributed by atoms with Crippen molar-refractivity contribution < 1.29 is 13.6 Å². The van der Waals surface area contributed by atoms with E-state index in [2.05, 4.69) is 27.2 Å². The lowest BCUT2D eigenvalue weighted by atomic mass is 9.83. The molecule has 2 aliphatic heterocycles. The molecule has 164 valence electrons. The first-order valence-electron chi connectivity index (χ1n) is 11.0. The number of benzene rings is 3. The average Bonchev–Trinajstić information content (AvgIpc) is 2.83. The highest BCUT2D eigenvalue weighted by molar-refractivity contribution is 5.82. The van der Waals surface area contributed by atoms with Crippen LogP contribution >= 0.6 is 0 Å². The van der Waals surface area contributed by atoms with Crippen LogP contribution in [0.3, 0.4) is 0 Å². The van der Waals surface area contributed by atoms with Crippen LogP contribution in [0.5, 0.6) is 0 Å². The second-order valence-electron chi connectivity index (χ2n) is 8.43. The van der Waals surface area contributed by atoms with Gasteiger partial charge in [0.25, 0.3) is 0 Å². The molecular formula is C26H25F2N3O. The van der Waals surface area contributed by atoms with Gasteiger partial charge in [-0.15, -0.1) is 0 Å². The summed E-state index contributed by atoms with van der Waals surface area (Å²) in [6.07, 6.45) is 0.637. The summed E-state index contributed by atoms with van der Waals surface area (Å²) in [5, 5.41) is 2.96. The summed E-state index contributed by atoms with van der Waals surface area (Å²) in [5.41, 5.74) is 3.76. The third-order valence-corrected chi connectivity index (χ3v) is 6.56. The number of para-hydroxylation sites is 1. The molecule has 0 aliphatic carbocycles. The normalized spacial score (nSPS) is 19.8. The zero-order valence-electron chi connectivity index (χ0n) is 17.7. The highest BCUT2D eigenvalue weighted by Crippen LogP contribution is 2.37. The molecule has 2 aliphatic rings. The fourth-order valence-corrected chi connectivity index (χ4v) is 4.90. The molecular weight excluding hydrogens is 408 g/mol. The summed E-state index contributed by atoms with van der Waals surface area (Å²) >= 11 is 0. The van der Waals surface area contributed by atoms with Crippen molar-refractivity contribution in [2.24, 2.45) is 5.92 Å². The maximum Gasteiger partial charge on any atom is 0.225 e. The molecule has 2 atom stereocenters. The number of nitrogens with one attached hydrogen (secondary N) is 1. The molecule has 1 N–H and O–H groups in total. The summed E-state index contributed by atoms with van der Waals surface area (Å²) in [4.78, 5) is 17.8. The summed E-state index contributed by atoms with van der Waals surface area (Å²) in [6, 6.07) is 21.2. The van der Waals surface area contributed by atoms with E-state index < -0.39 is 0 Å². The number of hydrogen-bond donors (Lipinski definition) is 1. The van der Waals surface area contributed by atoms with Gasteiger partial charge in [-0.05, 0) is 48.4 Å². The van der Waals surface area contributed by atoms with Crippen molar-refractivity contribution in [1.82, 2.24) is 5.32 Å². The van der Waals surface area contributed by atoms with E-state index in [4.69, 9.17) is 0 Å². The van der Waals surface area contributed by atoms with Crippen LogP contribution in [0.1, 0.15) is 11.1 Å². The van der Waals surface area contributed by atoms with E-state index in [-0.39, 0.29) is 36.0 Å². The smallest absolute Gasteiger partial charge is 0.225 e. The zero-order valence-corrected chi connectivity index (χ0v) is 17.7. The molecule has 1 saturated heterocycles. The van der Waals surface area contributed by atoms with Gasteiger partial charge in [-0.25, -0.2) is 8.78 Å². The van der Waals surface area contributed by atoms with E-state index >= 15 is 0 Å². The highest BCUT2D eigenvalue weighted by Gasteiger charge is 2.41. The number of hydrogen-bond acceptors (Lipinski definition) is 3. The lowest BCUT2D eigenvalue weighted by molar-refractivity contribution is -0.126. The van der Waals surface area contributed by atoms with Crippen molar-refractivity contribution in [2.45, 2.75) is 19.0 Å². The molecule has 0 unspecified atom stereocenters. The molecule has 0 spiro atoms. The third kappa shape index (κ3) is 3.93. The molecule has 1 amide bonds. The fourth-order valence-electron chi connectivity index (χ4n) is 4.90. The topological polar surface area (TPSA) is 35.6 Å². The van der Waals surface area contributed by atoms with Gasteiger partial charge >= 0.3 is 0 Å². The van der Waals surface area contributed by atoms with Crippen LogP contribution in [0.25, 0.3) is 0 Å². The van der Waals surface area contributed by atoms with E-state index in [1.807, 2.05) is 12.1 Å². The van der Waals surface area contributed by atoms with Crippen LogP contribution in [-0.2, 0) is 17.8 Å². The van der Waals surface area contributed by atoms with Gasteiger partial charge in [-0.2, -0.15) is 0 Å². The van der Waals surface area contributed by atoms with E-state index in [0.717, 1.165) is 24.3 Å². The van der Waals surface area contributed by atoms with Gasteiger partial charge in [0, 0.05) is 43.1 Å². The van der Waals surface area contributed by atoms with Crippen LogP contribution in [-0.4, -0.2) is 31.6 Å². The molecule has 0 radical (unpaired) electrons. The number of piperazine rings is 1. The van der Waals surface area contributed by atoms with E-state index in [1.165, 1.54) is 23.9 Å². The molecule has 32 heavy (non-hydrogen) atoms. The Hall–Kier alpha value is -3.41. The second kappa shape index (κ2) is 8.61. The Morgan fingerprint density at radius 3 is 2.50 bits per heavy atom. The van der Waals surface area contributed by atoms with Gasteiger partial charge < -0.3 is 15.1 Å².